The van der Waals surface area contributed by atoms with E-state index in [0.29, 0.717) is 5.95 Å². The van der Waals surface area contributed by atoms with Gasteiger partial charge >= 0.3 is 0 Å². The van der Waals surface area contributed by atoms with Gasteiger partial charge in [-0.15, -0.1) is 0 Å². The molecule has 3 aromatic rings. The Bertz CT molecular complexity index is 921. The number of fused-ring (bicyclic) bond motifs is 1. The summed E-state index contributed by atoms with van der Waals surface area (Å²) < 4.78 is 1.82. The number of nitrogens with zero attached hydrogens (tertiary/aromatic N) is 3. The minimum Gasteiger partial charge on any atom is -0.351 e. The Kier molecular flexibility index (Phi) is 4.16. The third-order valence-corrected chi connectivity index (χ3v) is 4.92. The average Bonchev–Trinajstić information content (AvgIpc) is 3.10. The van der Waals surface area contributed by atoms with Crippen molar-refractivity contribution in [3.63, 3.8) is 0 Å². The molecule has 3 atom stereocenters. The van der Waals surface area contributed by atoms with E-state index in [1.54, 1.807) is 0 Å². The van der Waals surface area contributed by atoms with Crippen LogP contribution >= 0.6 is 0 Å². The second kappa shape index (κ2) is 6.63. The summed E-state index contributed by atoms with van der Waals surface area (Å²) in [6.07, 6.45) is 1.53. The van der Waals surface area contributed by atoms with Crippen molar-refractivity contribution in [2.45, 2.75) is 25.9 Å². The largest absolute Gasteiger partial charge is 0.351 e. The first kappa shape index (κ1) is 16.3. The van der Waals surface area contributed by atoms with Crippen molar-refractivity contribution in [3.8, 4) is 0 Å². The Morgan fingerprint density at radius 1 is 1.12 bits per heavy atom. The maximum absolute atomic E-state index is 13.2. The van der Waals surface area contributed by atoms with Crippen LogP contribution in [0.2, 0.25) is 0 Å². The van der Waals surface area contributed by atoms with Crippen LogP contribution in [0.5, 0.6) is 0 Å². The number of hydrogen-bond acceptors (Lipinski definition) is 4. The highest BCUT2D eigenvalue weighted by Crippen LogP contribution is 2.37. The fraction of sp³-hybridized carbons (Fsp3) is 0.250. The van der Waals surface area contributed by atoms with Crippen LogP contribution in [0.3, 0.4) is 0 Å². The third-order valence-electron chi connectivity index (χ3n) is 4.92. The van der Waals surface area contributed by atoms with E-state index < -0.39 is 0 Å². The molecule has 2 N–H and O–H groups in total. The van der Waals surface area contributed by atoms with Gasteiger partial charge in [0.1, 0.15) is 6.33 Å². The van der Waals surface area contributed by atoms with Crippen LogP contribution in [0, 0.1) is 12.8 Å². The van der Waals surface area contributed by atoms with Gasteiger partial charge in [0.2, 0.25) is 11.9 Å². The van der Waals surface area contributed by atoms with Gasteiger partial charge in [0.15, 0.2) is 0 Å². The van der Waals surface area contributed by atoms with Crippen molar-refractivity contribution >= 4 is 17.5 Å². The van der Waals surface area contributed by atoms with Gasteiger partial charge in [0.05, 0.1) is 12.0 Å². The summed E-state index contributed by atoms with van der Waals surface area (Å²) in [6.45, 7) is 4.07. The normalized spacial score (nSPS) is 21.5. The molecule has 0 bridgehead atoms. The zero-order valence-electron chi connectivity index (χ0n) is 14.8. The van der Waals surface area contributed by atoms with Crippen LogP contribution in [0.4, 0.5) is 11.6 Å². The van der Waals surface area contributed by atoms with Gasteiger partial charge in [-0.1, -0.05) is 42.5 Å². The number of aromatic nitrogens is 3. The molecule has 0 spiro atoms. The van der Waals surface area contributed by atoms with Gasteiger partial charge < -0.3 is 10.6 Å². The monoisotopic (exact) mass is 347 g/mol. The zero-order chi connectivity index (χ0) is 18.1. The Labute approximate surface area is 152 Å². The first-order valence-electron chi connectivity index (χ1n) is 8.72. The number of nitrogens with one attached hydrogen (secondary N) is 2. The van der Waals surface area contributed by atoms with Crippen molar-refractivity contribution in [2.24, 2.45) is 5.92 Å². The van der Waals surface area contributed by atoms with Gasteiger partial charge in [-0.3, -0.25) is 4.79 Å². The molecule has 0 saturated carbocycles. The molecular weight excluding hydrogens is 326 g/mol. The Morgan fingerprint density at radius 3 is 2.62 bits per heavy atom. The quantitative estimate of drug-likeness (QED) is 0.763. The fourth-order valence-corrected chi connectivity index (χ4v) is 3.64. The molecule has 0 fully saturated rings. The van der Waals surface area contributed by atoms with Crippen LogP contribution in [-0.2, 0) is 4.79 Å². The minimum absolute atomic E-state index is 0.0365. The highest BCUT2D eigenvalue weighted by Gasteiger charge is 2.41. The van der Waals surface area contributed by atoms with Crippen LogP contribution in [0.15, 0.2) is 60.9 Å². The summed E-state index contributed by atoms with van der Waals surface area (Å²) >= 11 is 0. The Hall–Kier alpha value is -3.15. The van der Waals surface area contributed by atoms with E-state index in [2.05, 4.69) is 39.8 Å². The highest BCUT2D eigenvalue weighted by atomic mass is 16.2. The molecule has 26 heavy (non-hydrogen) atoms. The van der Waals surface area contributed by atoms with Crippen LogP contribution in [0.1, 0.15) is 24.1 Å². The molecule has 6 nitrogen and oxygen atoms in total. The predicted molar refractivity (Wildman–Crippen MR) is 101 cm³/mol. The van der Waals surface area contributed by atoms with Crippen molar-refractivity contribution in [2.75, 3.05) is 10.6 Å². The van der Waals surface area contributed by atoms with E-state index in [1.165, 1.54) is 6.33 Å². The lowest BCUT2D eigenvalue weighted by molar-refractivity contribution is -0.121. The van der Waals surface area contributed by atoms with E-state index in [0.717, 1.165) is 16.8 Å². The number of rotatable bonds is 3. The lowest BCUT2D eigenvalue weighted by Gasteiger charge is -2.37. The molecule has 1 aromatic heterocycles. The van der Waals surface area contributed by atoms with Gasteiger partial charge in [-0.2, -0.15) is 10.1 Å². The molecule has 0 saturated heterocycles. The van der Waals surface area contributed by atoms with E-state index in [9.17, 15) is 4.79 Å². The second-order valence-electron chi connectivity index (χ2n) is 6.64. The number of benzene rings is 2. The predicted octanol–water partition coefficient (Wildman–Crippen LogP) is 3.24. The lowest BCUT2D eigenvalue weighted by atomic mass is 9.84. The molecule has 1 aliphatic rings. The number of carbonyl (C=O) groups excluding carboxylic acids is 1. The molecular formula is C20H21N5O. The number of para-hydroxylation sites is 1. The minimum atomic E-state index is -0.328. The molecule has 1 aliphatic heterocycles. The van der Waals surface area contributed by atoms with Crippen LogP contribution in [-0.4, -0.2) is 26.7 Å². The summed E-state index contributed by atoms with van der Waals surface area (Å²) in [4.78, 5) is 17.5. The van der Waals surface area contributed by atoms with E-state index in [4.69, 9.17) is 0 Å². The maximum atomic E-state index is 13.2. The molecule has 6 heteroatoms. The Morgan fingerprint density at radius 2 is 1.85 bits per heavy atom. The van der Waals surface area contributed by atoms with Crippen molar-refractivity contribution in [3.05, 3.63) is 72.1 Å². The molecule has 1 amide bonds. The molecule has 4 rings (SSSR count). The first-order chi connectivity index (χ1) is 12.6. The Balaban J connectivity index is 1.76. The molecule has 2 aromatic carbocycles. The van der Waals surface area contributed by atoms with Gasteiger partial charge in [-0.25, -0.2) is 4.68 Å². The van der Waals surface area contributed by atoms with Crippen molar-refractivity contribution < 1.29 is 4.79 Å². The standard InChI is InChI=1S/C20H21N5O/c1-13-8-6-7-11-16(13)18-17(14(2)23-20-21-12-22-25(18)20)19(26)24-15-9-4-3-5-10-15/h3-12,14,17-18H,1-2H3,(H,24,26)(H,21,22,23)/t14-,17-,18+/m0/s1. The molecule has 0 radical (unpaired) electrons. The third kappa shape index (κ3) is 2.83. The van der Waals surface area contributed by atoms with E-state index >= 15 is 0 Å². The molecule has 0 aliphatic carbocycles. The van der Waals surface area contributed by atoms with Gasteiger partial charge in [0, 0.05) is 11.7 Å². The van der Waals surface area contributed by atoms with Crippen LogP contribution < -0.4 is 10.6 Å². The summed E-state index contributed by atoms with van der Waals surface area (Å²) in [6, 6.07) is 17.4. The SMILES string of the molecule is Cc1ccccc1[C@@H]1[C@@H](C(=O)Nc2ccccc2)[C@H](C)Nc2ncnn21. The summed E-state index contributed by atoms with van der Waals surface area (Å²) in [7, 11) is 0. The van der Waals surface area contributed by atoms with Gasteiger partial charge in [-0.05, 0) is 37.1 Å². The highest BCUT2D eigenvalue weighted by molar-refractivity contribution is 5.94. The zero-order valence-corrected chi connectivity index (χ0v) is 14.8. The number of amides is 1. The molecule has 132 valence electrons. The lowest BCUT2D eigenvalue weighted by Crippen LogP contribution is -2.46. The average molecular weight is 347 g/mol. The van der Waals surface area contributed by atoms with Crippen molar-refractivity contribution in [1.29, 1.82) is 0 Å². The van der Waals surface area contributed by atoms with Crippen molar-refractivity contribution in [1.82, 2.24) is 14.8 Å². The summed E-state index contributed by atoms with van der Waals surface area (Å²) in [5.41, 5.74) is 3.00. The number of anilines is 2. The van der Waals surface area contributed by atoms with Crippen LogP contribution in [0.25, 0.3) is 0 Å². The number of carbonyl (C=O) groups is 1. The topological polar surface area (TPSA) is 71.8 Å². The number of aryl methyl sites for hydroxylation is 1. The van der Waals surface area contributed by atoms with Gasteiger partial charge in [0.25, 0.3) is 0 Å². The van der Waals surface area contributed by atoms with E-state index in [-0.39, 0.29) is 23.9 Å². The maximum Gasteiger partial charge on any atom is 0.232 e. The van der Waals surface area contributed by atoms with E-state index in [1.807, 2.05) is 54.1 Å². The summed E-state index contributed by atoms with van der Waals surface area (Å²) in [5, 5.41) is 10.7. The smallest absolute Gasteiger partial charge is 0.232 e. The fourth-order valence-electron chi connectivity index (χ4n) is 3.64. The molecule has 0 unspecified atom stereocenters. The molecule has 2 heterocycles. The number of hydrogen-bond donors (Lipinski definition) is 2. The second-order valence-corrected chi connectivity index (χ2v) is 6.64. The first-order valence-corrected chi connectivity index (χ1v) is 8.72. The summed E-state index contributed by atoms with van der Waals surface area (Å²) in [5.74, 6) is 0.325.